The molecule has 0 bridgehead atoms. The maximum Gasteiger partial charge on any atom is 1.00 e. The molecule has 0 amide bonds. The Morgan fingerprint density at radius 3 is 2.55 bits per heavy atom. The molecular weight excluding hydrogens is 402 g/mol. The molecule has 1 aliphatic rings. The maximum atomic E-state index is 11.1. The van der Waals surface area contributed by atoms with Crippen molar-refractivity contribution in [2.45, 2.75) is 96.0 Å². The summed E-state index contributed by atoms with van der Waals surface area (Å²) in [6, 6.07) is 5.87. The van der Waals surface area contributed by atoms with E-state index in [0.717, 1.165) is 43.2 Å². The first-order chi connectivity index (χ1) is 13.1. The zero-order valence-electron chi connectivity index (χ0n) is 19.3. The fraction of sp³-hybridized carbons (Fsp3) is 0.714. The number of aliphatic hydroxyl groups excluding tert-OH is 1. The smallest absolute Gasteiger partial charge is 1.00 e. The maximum absolute atomic E-state index is 11.1. The van der Waals surface area contributed by atoms with E-state index in [-0.39, 0.29) is 48.4 Å². The number of phosphoric acid groups is 1. The number of aliphatic hydroxyl groups is 1. The van der Waals surface area contributed by atoms with Gasteiger partial charge >= 0.3 is 37.4 Å². The number of benzene rings is 1. The summed E-state index contributed by atoms with van der Waals surface area (Å²) in [6.45, 7) is 6.54. The molecule has 0 unspecified atom stereocenters. The fourth-order valence-corrected chi connectivity index (χ4v) is 4.22. The van der Waals surface area contributed by atoms with Crippen LogP contribution in [-0.4, -0.2) is 21.0 Å². The van der Waals surface area contributed by atoms with Crippen molar-refractivity contribution in [2.75, 3.05) is 0 Å². The average molecular weight is 438 g/mol. The number of unbranched alkanes of at least 4 members (excludes halogenated alkanes) is 3. The zero-order valence-corrected chi connectivity index (χ0v) is 21.2. The molecule has 3 N–H and O–H groups in total. The fourth-order valence-electron chi connectivity index (χ4n) is 4.04. The molecule has 0 aliphatic heterocycles. The molecule has 1 aromatic carbocycles. The van der Waals surface area contributed by atoms with Gasteiger partial charge in [0.2, 0.25) is 0 Å². The molecule has 0 heterocycles. The Balaban J connectivity index is 0.00000420. The van der Waals surface area contributed by atoms with Gasteiger partial charge in [-0.1, -0.05) is 69.7 Å². The standard InChI is InChI=1S/C21H35O6P.Na.H/c1-4-5-6-7-13-21(2,3)17-11-12-19(16-9-8-10-18(22)14-16)20(15-17)26-27-28(23,24)25;;/h11-12,15-16,18,22H,4-10,13-14H2,1-3H3,(H2,23,24,25);;/q;+1;-1/t16-,18+;;/m0../s1. The topological polar surface area (TPSA) is 96.2 Å². The monoisotopic (exact) mass is 438 g/mol. The van der Waals surface area contributed by atoms with E-state index in [9.17, 15) is 9.67 Å². The van der Waals surface area contributed by atoms with E-state index >= 15 is 0 Å². The van der Waals surface area contributed by atoms with Crippen molar-refractivity contribution in [1.29, 1.82) is 0 Å². The summed E-state index contributed by atoms with van der Waals surface area (Å²) in [4.78, 5) is 23.2. The van der Waals surface area contributed by atoms with Crippen LogP contribution in [0.15, 0.2) is 18.2 Å². The predicted molar refractivity (Wildman–Crippen MR) is 110 cm³/mol. The predicted octanol–water partition coefficient (Wildman–Crippen LogP) is 2.47. The molecule has 29 heavy (non-hydrogen) atoms. The van der Waals surface area contributed by atoms with Crippen LogP contribution in [0.25, 0.3) is 0 Å². The summed E-state index contributed by atoms with van der Waals surface area (Å²) in [5.74, 6) is 0.419. The van der Waals surface area contributed by atoms with Crippen LogP contribution >= 0.6 is 7.82 Å². The van der Waals surface area contributed by atoms with Crippen LogP contribution < -0.4 is 34.4 Å². The Hall–Kier alpha value is 0.0900. The molecule has 0 radical (unpaired) electrons. The summed E-state index contributed by atoms with van der Waals surface area (Å²) in [5, 5.41) is 10.0. The van der Waals surface area contributed by atoms with E-state index in [2.05, 4.69) is 31.5 Å². The Labute approximate surface area is 198 Å². The number of rotatable bonds is 10. The largest absolute Gasteiger partial charge is 1.00 e. The second-order valence-electron chi connectivity index (χ2n) is 8.61. The molecule has 1 aliphatic carbocycles. The Morgan fingerprint density at radius 1 is 1.21 bits per heavy atom. The third-order valence-electron chi connectivity index (χ3n) is 5.76. The van der Waals surface area contributed by atoms with E-state index in [1.165, 1.54) is 19.3 Å². The molecule has 162 valence electrons. The van der Waals surface area contributed by atoms with Gasteiger partial charge in [-0.3, -0.25) is 0 Å². The van der Waals surface area contributed by atoms with E-state index < -0.39 is 7.82 Å². The summed E-state index contributed by atoms with van der Waals surface area (Å²) in [7, 11) is -4.76. The van der Waals surface area contributed by atoms with E-state index in [0.29, 0.717) is 12.2 Å². The Bertz CT molecular complexity index is 681. The van der Waals surface area contributed by atoms with Crippen molar-refractivity contribution < 1.29 is 60.0 Å². The minimum Gasteiger partial charge on any atom is -1.00 e. The van der Waals surface area contributed by atoms with Crippen LogP contribution in [0.4, 0.5) is 0 Å². The van der Waals surface area contributed by atoms with Gasteiger partial charge in [0.25, 0.3) is 0 Å². The summed E-state index contributed by atoms with van der Waals surface area (Å²) >= 11 is 0. The zero-order chi connectivity index (χ0) is 20.8. The van der Waals surface area contributed by atoms with Gasteiger partial charge < -0.3 is 21.2 Å². The van der Waals surface area contributed by atoms with Gasteiger partial charge in [-0.15, -0.1) is 0 Å². The first-order valence-electron chi connectivity index (χ1n) is 10.4. The van der Waals surface area contributed by atoms with Crippen molar-refractivity contribution in [3.63, 3.8) is 0 Å². The van der Waals surface area contributed by atoms with Crippen LogP contribution in [0.5, 0.6) is 5.75 Å². The van der Waals surface area contributed by atoms with E-state index in [1.54, 1.807) is 0 Å². The van der Waals surface area contributed by atoms with E-state index in [4.69, 9.17) is 14.7 Å². The van der Waals surface area contributed by atoms with Gasteiger partial charge in [-0.05, 0) is 48.6 Å². The van der Waals surface area contributed by atoms with Crippen molar-refractivity contribution >= 4 is 7.82 Å². The van der Waals surface area contributed by atoms with Crippen LogP contribution in [0.3, 0.4) is 0 Å². The van der Waals surface area contributed by atoms with Crippen LogP contribution in [0, 0.1) is 0 Å². The molecular formula is C21H36NaO6P. The summed E-state index contributed by atoms with van der Waals surface area (Å²) in [6.07, 6.45) is 8.63. The van der Waals surface area contributed by atoms with Gasteiger partial charge in [0.05, 0.1) is 6.10 Å². The van der Waals surface area contributed by atoms with Crippen molar-refractivity contribution in [3.05, 3.63) is 29.3 Å². The second-order valence-corrected chi connectivity index (χ2v) is 9.74. The molecule has 0 saturated heterocycles. The Kier molecular flexibility index (Phi) is 11.4. The molecule has 2 rings (SSSR count). The van der Waals surface area contributed by atoms with Crippen molar-refractivity contribution in [2.24, 2.45) is 0 Å². The summed E-state index contributed by atoms with van der Waals surface area (Å²) in [5.41, 5.74) is 1.80. The second kappa shape index (κ2) is 12.2. The molecule has 8 heteroatoms. The van der Waals surface area contributed by atoms with Gasteiger partial charge in [0.1, 0.15) is 0 Å². The first kappa shape index (κ1) is 27.1. The molecule has 1 saturated carbocycles. The van der Waals surface area contributed by atoms with Gasteiger partial charge in [-0.25, -0.2) is 4.57 Å². The molecule has 0 spiro atoms. The third-order valence-corrected chi connectivity index (χ3v) is 6.03. The normalized spacial score (nSPS) is 20.2. The molecule has 1 aromatic rings. The molecule has 0 aromatic heterocycles. The molecule has 2 atom stereocenters. The molecule has 6 nitrogen and oxygen atoms in total. The Morgan fingerprint density at radius 2 is 1.93 bits per heavy atom. The molecule has 1 fully saturated rings. The quantitative estimate of drug-likeness (QED) is 0.171. The number of hydrogen-bond donors (Lipinski definition) is 3. The van der Waals surface area contributed by atoms with Crippen molar-refractivity contribution in [1.82, 2.24) is 0 Å². The van der Waals surface area contributed by atoms with Gasteiger partial charge in [-0.2, -0.15) is 0 Å². The summed E-state index contributed by atoms with van der Waals surface area (Å²) < 4.78 is 15.5. The van der Waals surface area contributed by atoms with Gasteiger partial charge in [0, 0.05) is 5.56 Å². The van der Waals surface area contributed by atoms with Crippen LogP contribution in [-0.2, 0) is 14.7 Å². The first-order valence-corrected chi connectivity index (χ1v) is 11.9. The number of hydrogen-bond acceptors (Lipinski definition) is 4. The van der Waals surface area contributed by atoms with Crippen molar-refractivity contribution in [3.8, 4) is 5.75 Å². The minimum absolute atomic E-state index is 0. The third kappa shape index (κ3) is 9.00. The van der Waals surface area contributed by atoms with E-state index in [1.807, 2.05) is 12.1 Å². The SMILES string of the molecule is CCCCCCC(C)(C)c1ccc([C@H]2CCC[C@@H](O)C2)c(OOP(=O)(O)O)c1.[H-].[Na+]. The average Bonchev–Trinajstić information content (AvgIpc) is 2.63. The van der Waals surface area contributed by atoms with Crippen LogP contribution in [0.2, 0.25) is 0 Å². The van der Waals surface area contributed by atoms with Gasteiger partial charge in [0.15, 0.2) is 5.75 Å². The minimum atomic E-state index is -4.76. The van der Waals surface area contributed by atoms with Crippen LogP contribution in [0.1, 0.15) is 97.0 Å².